The van der Waals surface area contributed by atoms with Gasteiger partial charge in [0.15, 0.2) is 11.5 Å². The van der Waals surface area contributed by atoms with E-state index in [-0.39, 0.29) is 17.1 Å². The number of nitrogens with zero attached hydrogens (tertiary/aromatic N) is 2. The smallest absolute Gasteiger partial charge is 0.302 e. The number of amides is 1. The van der Waals surface area contributed by atoms with Crippen LogP contribution in [0.2, 0.25) is 0 Å². The highest BCUT2D eigenvalue weighted by molar-refractivity contribution is 6.51. The van der Waals surface area contributed by atoms with Gasteiger partial charge in [0.1, 0.15) is 11.6 Å². The van der Waals surface area contributed by atoms with E-state index in [2.05, 4.69) is 9.97 Å². The first kappa shape index (κ1) is 23.1. The Kier molecular flexibility index (Phi) is 5.68. The van der Waals surface area contributed by atoms with Crippen molar-refractivity contribution in [3.05, 3.63) is 88.7 Å². The van der Waals surface area contributed by atoms with Crippen LogP contribution in [0.5, 0.6) is 11.5 Å². The van der Waals surface area contributed by atoms with Crippen LogP contribution >= 0.6 is 0 Å². The van der Waals surface area contributed by atoms with E-state index in [1.54, 1.807) is 18.2 Å². The van der Waals surface area contributed by atoms with Gasteiger partial charge in [-0.05, 0) is 66.6 Å². The predicted molar refractivity (Wildman–Crippen MR) is 132 cm³/mol. The van der Waals surface area contributed by atoms with Crippen molar-refractivity contribution in [3.63, 3.8) is 0 Å². The minimum Gasteiger partial charge on any atom is -0.507 e. The number of aliphatic hydroxyl groups is 1. The van der Waals surface area contributed by atoms with Gasteiger partial charge < -0.3 is 19.6 Å². The van der Waals surface area contributed by atoms with Gasteiger partial charge in [-0.2, -0.15) is 0 Å². The third-order valence-electron chi connectivity index (χ3n) is 6.14. The molecule has 4 aromatic rings. The monoisotopic (exact) mass is 487 g/mol. The number of halogens is 1. The van der Waals surface area contributed by atoms with Crippen molar-refractivity contribution in [3.8, 4) is 11.5 Å². The molecule has 0 bridgehead atoms. The zero-order valence-corrected chi connectivity index (χ0v) is 19.7. The SMILES string of the molecule is COc1ccc(C2/C(=C(\O)c3ccc(F)cc3)C(=O)C(=O)N2c2nc3ccc(C)cc3[nH]2)cc1OC. The van der Waals surface area contributed by atoms with E-state index in [1.807, 2.05) is 25.1 Å². The summed E-state index contributed by atoms with van der Waals surface area (Å²) in [6.45, 7) is 1.93. The number of aromatic nitrogens is 2. The molecule has 0 aliphatic carbocycles. The number of benzene rings is 3. The summed E-state index contributed by atoms with van der Waals surface area (Å²) in [5, 5.41) is 11.2. The van der Waals surface area contributed by atoms with Gasteiger partial charge in [0.25, 0.3) is 5.78 Å². The highest BCUT2D eigenvalue weighted by Gasteiger charge is 2.48. The second-order valence-electron chi connectivity index (χ2n) is 8.37. The normalized spacial score (nSPS) is 17.1. The minimum atomic E-state index is -1.04. The summed E-state index contributed by atoms with van der Waals surface area (Å²) in [6, 6.07) is 14.5. The molecule has 1 aliphatic rings. The molecule has 1 fully saturated rings. The van der Waals surface area contributed by atoms with E-state index >= 15 is 0 Å². The van der Waals surface area contributed by atoms with Crippen molar-refractivity contribution < 1.29 is 28.6 Å². The maximum atomic E-state index is 13.5. The largest absolute Gasteiger partial charge is 0.507 e. The lowest BCUT2D eigenvalue weighted by Crippen LogP contribution is -2.30. The van der Waals surface area contributed by atoms with Crippen molar-refractivity contribution in [2.75, 3.05) is 19.1 Å². The molecule has 0 radical (unpaired) electrons. The molecule has 8 nitrogen and oxygen atoms in total. The number of carbonyl (C=O) groups excluding carboxylic acids is 2. The van der Waals surface area contributed by atoms with E-state index in [9.17, 15) is 19.1 Å². The summed E-state index contributed by atoms with van der Waals surface area (Å²) in [4.78, 5) is 35.6. The molecule has 1 saturated heterocycles. The molecule has 1 aliphatic heterocycles. The van der Waals surface area contributed by atoms with Gasteiger partial charge in [-0.25, -0.2) is 9.37 Å². The average Bonchev–Trinajstić information content (AvgIpc) is 3.41. The quantitative estimate of drug-likeness (QED) is 0.241. The second kappa shape index (κ2) is 8.84. The number of nitrogens with one attached hydrogen (secondary N) is 1. The molecular formula is C27H22FN3O5. The summed E-state index contributed by atoms with van der Waals surface area (Å²) < 4.78 is 24.3. The number of H-pyrrole nitrogens is 1. The Bertz CT molecular complexity index is 1540. The summed E-state index contributed by atoms with van der Waals surface area (Å²) in [6.07, 6.45) is 0. The molecule has 182 valence electrons. The number of aliphatic hydroxyl groups excluding tert-OH is 1. The topological polar surface area (TPSA) is 105 Å². The van der Waals surface area contributed by atoms with Gasteiger partial charge in [0, 0.05) is 5.56 Å². The number of rotatable bonds is 5. The van der Waals surface area contributed by atoms with Crippen LogP contribution in [0.4, 0.5) is 10.3 Å². The lowest BCUT2D eigenvalue weighted by molar-refractivity contribution is -0.132. The molecule has 9 heteroatoms. The van der Waals surface area contributed by atoms with Crippen molar-refractivity contribution in [1.29, 1.82) is 0 Å². The second-order valence-corrected chi connectivity index (χ2v) is 8.37. The number of hydrogen-bond acceptors (Lipinski definition) is 6. The van der Waals surface area contributed by atoms with E-state index < -0.39 is 29.3 Å². The van der Waals surface area contributed by atoms with Crippen molar-refractivity contribution >= 4 is 34.4 Å². The molecule has 0 saturated carbocycles. The third kappa shape index (κ3) is 3.74. The first-order chi connectivity index (χ1) is 17.3. The van der Waals surface area contributed by atoms with Crippen LogP contribution in [0.15, 0.2) is 66.2 Å². The first-order valence-electron chi connectivity index (χ1n) is 11.1. The van der Waals surface area contributed by atoms with E-state index in [0.29, 0.717) is 28.1 Å². The predicted octanol–water partition coefficient (Wildman–Crippen LogP) is 4.65. The number of fused-ring (bicyclic) bond motifs is 1. The van der Waals surface area contributed by atoms with Gasteiger partial charge in [-0.15, -0.1) is 0 Å². The van der Waals surface area contributed by atoms with Gasteiger partial charge in [0.2, 0.25) is 5.95 Å². The third-order valence-corrected chi connectivity index (χ3v) is 6.14. The number of ketones is 1. The molecular weight excluding hydrogens is 465 g/mol. The molecule has 2 heterocycles. The Labute approximate surface area is 205 Å². The van der Waals surface area contributed by atoms with Crippen LogP contribution in [0.25, 0.3) is 16.8 Å². The van der Waals surface area contributed by atoms with Crippen LogP contribution in [0, 0.1) is 12.7 Å². The average molecular weight is 487 g/mol. The van der Waals surface area contributed by atoms with Crippen LogP contribution in [-0.2, 0) is 9.59 Å². The van der Waals surface area contributed by atoms with E-state index in [4.69, 9.17) is 9.47 Å². The van der Waals surface area contributed by atoms with E-state index in [0.717, 1.165) is 17.7 Å². The fraction of sp³-hybridized carbons (Fsp3) is 0.148. The molecule has 1 unspecified atom stereocenters. The Morgan fingerprint density at radius 1 is 1.00 bits per heavy atom. The highest BCUT2D eigenvalue weighted by Crippen LogP contribution is 2.43. The molecule has 0 spiro atoms. The van der Waals surface area contributed by atoms with Crippen LogP contribution in [0.3, 0.4) is 0 Å². The van der Waals surface area contributed by atoms with Crippen LogP contribution < -0.4 is 14.4 Å². The molecule has 2 N–H and O–H groups in total. The Morgan fingerprint density at radius 2 is 1.72 bits per heavy atom. The van der Waals surface area contributed by atoms with Crippen molar-refractivity contribution in [2.45, 2.75) is 13.0 Å². The summed E-state index contributed by atoms with van der Waals surface area (Å²) >= 11 is 0. The zero-order valence-electron chi connectivity index (χ0n) is 19.7. The number of hydrogen-bond donors (Lipinski definition) is 2. The van der Waals surface area contributed by atoms with E-state index in [1.165, 1.54) is 31.3 Å². The van der Waals surface area contributed by atoms with Crippen molar-refractivity contribution in [2.24, 2.45) is 0 Å². The van der Waals surface area contributed by atoms with Gasteiger partial charge in [-0.3, -0.25) is 14.5 Å². The fourth-order valence-electron chi connectivity index (χ4n) is 4.38. The summed E-state index contributed by atoms with van der Waals surface area (Å²) in [7, 11) is 2.97. The minimum absolute atomic E-state index is 0.149. The molecule has 5 rings (SSSR count). The van der Waals surface area contributed by atoms with Crippen LogP contribution in [0.1, 0.15) is 22.7 Å². The van der Waals surface area contributed by atoms with Gasteiger partial charge >= 0.3 is 5.91 Å². The van der Waals surface area contributed by atoms with Crippen LogP contribution in [-0.4, -0.2) is 41.0 Å². The first-order valence-corrected chi connectivity index (χ1v) is 11.1. The Morgan fingerprint density at radius 3 is 2.42 bits per heavy atom. The zero-order chi connectivity index (χ0) is 25.6. The van der Waals surface area contributed by atoms with Gasteiger partial charge in [0.05, 0.1) is 36.9 Å². The number of aromatic amines is 1. The molecule has 3 aromatic carbocycles. The Balaban J connectivity index is 1.75. The lowest BCUT2D eigenvalue weighted by atomic mass is 9.95. The molecule has 1 aromatic heterocycles. The maximum Gasteiger partial charge on any atom is 0.302 e. The summed E-state index contributed by atoms with van der Waals surface area (Å²) in [5.41, 5.74) is 2.81. The number of anilines is 1. The highest BCUT2D eigenvalue weighted by atomic mass is 19.1. The Hall–Kier alpha value is -4.66. The molecule has 1 amide bonds. The molecule has 1 atom stereocenters. The van der Waals surface area contributed by atoms with Gasteiger partial charge in [-0.1, -0.05) is 12.1 Å². The number of imidazole rings is 1. The standard InChI is InChI=1S/C27H22FN3O5/c1-14-4-10-18-19(12-14)30-27(29-18)31-23(16-7-11-20(35-2)21(13-16)36-3)22(25(33)26(31)34)24(32)15-5-8-17(28)9-6-15/h4-13,23,32H,1-3H3,(H,29,30)/b24-22+. The fourth-order valence-corrected chi connectivity index (χ4v) is 4.38. The number of methoxy groups -OCH3 is 2. The number of Topliss-reactive ketones (excluding diaryl/α,β-unsaturated/α-hetero) is 1. The number of aryl methyl sites for hydroxylation is 1. The lowest BCUT2D eigenvalue weighted by Gasteiger charge is -2.23. The maximum absolute atomic E-state index is 13.5. The van der Waals surface area contributed by atoms with Crippen molar-refractivity contribution in [1.82, 2.24) is 9.97 Å². The number of carbonyl (C=O) groups is 2. The number of ether oxygens (including phenoxy) is 2. The molecule has 36 heavy (non-hydrogen) atoms. The summed E-state index contributed by atoms with van der Waals surface area (Å²) in [5.74, 6) is -1.71.